The third-order valence-electron chi connectivity index (χ3n) is 7.33. The molecule has 0 bridgehead atoms. The summed E-state index contributed by atoms with van der Waals surface area (Å²) < 4.78 is 8.26. The van der Waals surface area contributed by atoms with E-state index < -0.39 is 34.6 Å². The lowest BCUT2D eigenvalue weighted by Crippen LogP contribution is -2.59. The minimum absolute atomic E-state index is 0.0226. The molecule has 0 aliphatic carbocycles. The van der Waals surface area contributed by atoms with Crippen molar-refractivity contribution < 1.29 is 19.6 Å². The van der Waals surface area contributed by atoms with Crippen molar-refractivity contribution in [2.45, 2.75) is 36.7 Å². The van der Waals surface area contributed by atoms with Crippen LogP contribution in [0.25, 0.3) is 0 Å². The molecule has 196 valence electrons. The number of aryl methyl sites for hydroxylation is 1. The number of aliphatic hydroxyl groups excluding tert-OH is 1. The van der Waals surface area contributed by atoms with Crippen molar-refractivity contribution in [3.8, 4) is 0 Å². The van der Waals surface area contributed by atoms with E-state index in [2.05, 4.69) is 4.98 Å². The predicted molar refractivity (Wildman–Crippen MR) is 142 cm³/mol. The number of rotatable bonds is 8. The molecule has 1 aliphatic rings. The van der Waals surface area contributed by atoms with Crippen molar-refractivity contribution in [1.82, 2.24) is 9.55 Å². The maximum atomic E-state index is 13.6. The smallest absolute Gasteiger partial charge is 0.330 e. The lowest BCUT2D eigenvalue weighted by Gasteiger charge is -2.50. The third kappa shape index (κ3) is 4.12. The largest absolute Gasteiger partial charge is 0.390 e. The molecule has 1 saturated heterocycles. The zero-order chi connectivity index (χ0) is 26.8. The Kier molecular flexibility index (Phi) is 7.14. The van der Waals surface area contributed by atoms with Crippen LogP contribution in [0.3, 0.4) is 0 Å². The van der Waals surface area contributed by atoms with E-state index in [9.17, 15) is 14.7 Å². The molecule has 38 heavy (non-hydrogen) atoms. The Bertz CT molecular complexity index is 1390. The summed E-state index contributed by atoms with van der Waals surface area (Å²) in [6.07, 6.45) is -0.310. The minimum Gasteiger partial charge on any atom is -0.390 e. The topological polar surface area (TPSA) is 103 Å². The highest BCUT2D eigenvalue weighted by atomic mass is 17.2. The molecule has 2 N–H and O–H groups in total. The fraction of sp³-hybridized carbons (Fsp3) is 0.267. The summed E-state index contributed by atoms with van der Waals surface area (Å²) in [6, 6.07) is 29.3. The minimum atomic E-state index is -1.52. The van der Waals surface area contributed by atoms with Gasteiger partial charge in [-0.05, 0) is 23.6 Å². The van der Waals surface area contributed by atoms with E-state index in [1.165, 1.54) is 17.9 Å². The van der Waals surface area contributed by atoms with Crippen molar-refractivity contribution in [1.29, 1.82) is 0 Å². The molecular weight excluding hydrogens is 484 g/mol. The maximum absolute atomic E-state index is 13.6. The van der Waals surface area contributed by atoms with Crippen LogP contribution in [0, 0.1) is 6.92 Å². The Morgan fingerprint density at radius 2 is 1.45 bits per heavy atom. The van der Waals surface area contributed by atoms with E-state index in [1.54, 1.807) is 6.92 Å². The molecule has 0 amide bonds. The van der Waals surface area contributed by atoms with Crippen LogP contribution in [0.5, 0.6) is 0 Å². The molecule has 0 saturated carbocycles. The molecule has 0 unspecified atom stereocenters. The SMILES string of the molecule is COOC[C@@H]1O[C@](n2cc(C)c(=O)[nH]c2=O)(C(c2ccccc2)(c2ccccc2)c2ccccc2)C[C@@H]1O. The quantitative estimate of drug-likeness (QED) is 0.213. The molecular formula is C30H30N2O6. The third-order valence-corrected chi connectivity index (χ3v) is 7.33. The first-order valence-corrected chi connectivity index (χ1v) is 12.4. The van der Waals surface area contributed by atoms with Gasteiger partial charge < -0.3 is 9.84 Å². The maximum Gasteiger partial charge on any atom is 0.330 e. The highest BCUT2D eigenvalue weighted by Crippen LogP contribution is 2.56. The van der Waals surface area contributed by atoms with Crippen molar-refractivity contribution >= 4 is 0 Å². The fourth-order valence-electron chi connectivity index (χ4n) is 5.73. The summed E-state index contributed by atoms with van der Waals surface area (Å²) >= 11 is 0. The number of hydrogen-bond acceptors (Lipinski definition) is 6. The monoisotopic (exact) mass is 514 g/mol. The van der Waals surface area contributed by atoms with Gasteiger partial charge in [0.2, 0.25) is 0 Å². The van der Waals surface area contributed by atoms with Crippen LogP contribution in [-0.2, 0) is 25.7 Å². The first kappa shape index (κ1) is 25.8. The average molecular weight is 515 g/mol. The van der Waals surface area contributed by atoms with Gasteiger partial charge in [0.05, 0.1) is 18.6 Å². The van der Waals surface area contributed by atoms with Crippen LogP contribution in [0.15, 0.2) is 107 Å². The molecule has 0 radical (unpaired) electrons. The van der Waals surface area contributed by atoms with Crippen LogP contribution in [0.4, 0.5) is 0 Å². The van der Waals surface area contributed by atoms with Crippen LogP contribution < -0.4 is 11.2 Å². The molecule has 1 fully saturated rings. The zero-order valence-corrected chi connectivity index (χ0v) is 21.2. The summed E-state index contributed by atoms with van der Waals surface area (Å²) in [7, 11) is 1.38. The number of nitrogens with one attached hydrogen (secondary N) is 1. The van der Waals surface area contributed by atoms with Gasteiger partial charge in [0.1, 0.15) is 12.7 Å². The van der Waals surface area contributed by atoms with Crippen molar-refractivity contribution in [2.24, 2.45) is 0 Å². The summed E-state index contributed by atoms with van der Waals surface area (Å²) in [5, 5.41) is 11.4. The van der Waals surface area contributed by atoms with Crippen LogP contribution in [0.1, 0.15) is 28.7 Å². The van der Waals surface area contributed by atoms with Gasteiger partial charge >= 0.3 is 5.69 Å². The predicted octanol–water partition coefficient (Wildman–Crippen LogP) is 3.26. The molecule has 3 atom stereocenters. The summed E-state index contributed by atoms with van der Waals surface area (Å²) in [5.41, 5.74) is -0.937. The van der Waals surface area contributed by atoms with E-state index in [1.807, 2.05) is 91.0 Å². The standard InChI is InChI=1S/C30H30N2O6/c1-21-19-32(28(35)31-27(21)34)29(18-25(33)26(38-29)20-37-36-2)30(22-12-6-3-7-13-22,23-14-8-4-9-15-23)24-16-10-5-11-17-24/h3-17,19,25-26,33H,18,20H2,1-2H3,(H,31,34,35)/t25-,26-,29-/m0/s1. The molecule has 5 rings (SSSR count). The van der Waals surface area contributed by atoms with Gasteiger partial charge in [0.15, 0.2) is 5.72 Å². The number of aromatic nitrogens is 2. The number of benzene rings is 3. The van der Waals surface area contributed by atoms with Crippen LogP contribution in [-0.4, -0.2) is 40.6 Å². The number of hydrogen-bond donors (Lipinski definition) is 2. The van der Waals surface area contributed by atoms with E-state index in [0.717, 1.165) is 16.7 Å². The van der Waals surface area contributed by atoms with E-state index in [4.69, 9.17) is 14.5 Å². The van der Waals surface area contributed by atoms with Crippen LogP contribution >= 0.6 is 0 Å². The van der Waals surface area contributed by atoms with Crippen molar-refractivity contribution in [3.05, 3.63) is 140 Å². The van der Waals surface area contributed by atoms with Crippen LogP contribution in [0.2, 0.25) is 0 Å². The van der Waals surface area contributed by atoms with Gasteiger partial charge in [-0.25, -0.2) is 14.6 Å². The lowest BCUT2D eigenvalue weighted by molar-refractivity contribution is -0.295. The van der Waals surface area contributed by atoms with Gasteiger partial charge in [0, 0.05) is 18.2 Å². The van der Waals surface area contributed by atoms with Crippen molar-refractivity contribution in [3.63, 3.8) is 0 Å². The highest BCUT2D eigenvalue weighted by molar-refractivity contribution is 5.54. The Morgan fingerprint density at radius 3 is 1.92 bits per heavy atom. The molecule has 8 heteroatoms. The first-order valence-electron chi connectivity index (χ1n) is 12.4. The first-order chi connectivity index (χ1) is 18.4. The lowest BCUT2D eigenvalue weighted by atomic mass is 9.61. The second-order valence-corrected chi connectivity index (χ2v) is 9.45. The van der Waals surface area contributed by atoms with Gasteiger partial charge in [0.25, 0.3) is 5.56 Å². The second-order valence-electron chi connectivity index (χ2n) is 9.45. The normalized spacial score (nSPS) is 21.4. The van der Waals surface area contributed by atoms with E-state index in [0.29, 0.717) is 5.56 Å². The Balaban J connectivity index is 1.96. The number of aromatic amines is 1. The molecule has 2 heterocycles. The Morgan fingerprint density at radius 1 is 0.947 bits per heavy atom. The average Bonchev–Trinajstić information content (AvgIpc) is 3.28. The van der Waals surface area contributed by atoms with Crippen molar-refractivity contribution in [2.75, 3.05) is 13.7 Å². The Labute approximate surface area is 220 Å². The number of aliphatic hydroxyl groups is 1. The molecule has 8 nitrogen and oxygen atoms in total. The molecule has 1 aromatic heterocycles. The summed E-state index contributed by atoms with van der Waals surface area (Å²) in [4.78, 5) is 38.5. The number of H-pyrrole nitrogens is 1. The second kappa shape index (κ2) is 10.5. The van der Waals surface area contributed by atoms with Gasteiger partial charge in [-0.3, -0.25) is 14.3 Å². The fourth-order valence-corrected chi connectivity index (χ4v) is 5.73. The number of ether oxygens (including phenoxy) is 1. The van der Waals surface area contributed by atoms with E-state index in [-0.39, 0.29) is 13.0 Å². The molecule has 1 aliphatic heterocycles. The van der Waals surface area contributed by atoms with Gasteiger partial charge in [-0.1, -0.05) is 91.0 Å². The summed E-state index contributed by atoms with van der Waals surface area (Å²) in [6.45, 7) is 1.57. The molecule has 0 spiro atoms. The van der Waals surface area contributed by atoms with Gasteiger partial charge in [-0.2, -0.15) is 0 Å². The number of nitrogens with zero attached hydrogens (tertiary/aromatic N) is 1. The Hall–Kier alpha value is -3.82. The van der Waals surface area contributed by atoms with Gasteiger partial charge in [-0.15, -0.1) is 0 Å². The molecule has 4 aromatic rings. The highest BCUT2D eigenvalue weighted by Gasteiger charge is 2.63. The zero-order valence-electron chi connectivity index (χ0n) is 21.2. The van der Waals surface area contributed by atoms with E-state index >= 15 is 0 Å². The molecule has 3 aromatic carbocycles. The summed E-state index contributed by atoms with van der Waals surface area (Å²) in [5.74, 6) is 0.